The molecule has 0 radical (unpaired) electrons. The molecule has 6 aliphatic heterocycles. The highest BCUT2D eigenvalue weighted by Gasteiger charge is 2.42. The second-order valence-electron chi connectivity index (χ2n) is 23.7. The minimum absolute atomic E-state index is 0.00506. The zero-order valence-corrected chi connectivity index (χ0v) is 56.2. The van der Waals surface area contributed by atoms with Crippen molar-refractivity contribution in [2.45, 2.75) is 81.2 Å². The Morgan fingerprint density at radius 3 is 1.82 bits per heavy atom. The number of hydrogen-bond donors (Lipinski definition) is 13. The number of fused-ring (bicyclic) bond motifs is 14. The molecule has 0 aromatic heterocycles. The predicted octanol–water partition coefficient (Wildman–Crippen LogP) is 8.47. The minimum atomic E-state index is -2.16. The number of aliphatic hydroxyl groups excluding tert-OH is 1. The van der Waals surface area contributed by atoms with Crippen LogP contribution in [0.3, 0.4) is 0 Å². The topological polar surface area (TPSA) is 398 Å². The van der Waals surface area contributed by atoms with Gasteiger partial charge in [-0.1, -0.05) is 79.3 Å². The molecular formula is C67H59Br2Cl2N7O20. The molecular weight excluding hydrogens is 1450 g/mol. The number of phenolic OH excluding ortho intramolecular Hbond substituents is 5. The SMILES string of the molecule is CC(C)(C)OC(=O)N[C@@H]1C(=O)N[C@@H]2Cc3ccc(c(Cl)c3)Oc3cc4cc(c3OCCBr)Oc3ccc(cc3Cl)[C@@H](O)[C@@H]3NC(=O)[C@H](NC(=O)[C@@H]4NC(=O)[C@@H](NC2=O)c2cc(O)cc(c2)Oc2cc1ccc2O)c1ccc(O)c(c1)-c1c(O)cc(O)cc1[C@@H](C(=O)OCCBr)NC3=O. The van der Waals surface area contributed by atoms with Crippen LogP contribution in [0, 0.1) is 0 Å². The second kappa shape index (κ2) is 28.5. The molecule has 510 valence electrons. The molecule has 17 bridgehead atoms. The van der Waals surface area contributed by atoms with Gasteiger partial charge in [0.25, 0.3) is 0 Å². The third kappa shape index (κ3) is 15.0. The molecule has 0 saturated carbocycles. The first kappa shape index (κ1) is 69.2. The van der Waals surface area contributed by atoms with Crippen molar-refractivity contribution < 1.29 is 97.4 Å². The predicted molar refractivity (Wildman–Crippen MR) is 355 cm³/mol. The van der Waals surface area contributed by atoms with E-state index in [1.165, 1.54) is 72.8 Å². The van der Waals surface area contributed by atoms with E-state index in [1.807, 2.05) is 0 Å². The van der Waals surface area contributed by atoms with E-state index >= 15 is 24.0 Å². The van der Waals surface area contributed by atoms with Crippen LogP contribution in [0.2, 0.25) is 10.0 Å². The molecule has 6 heterocycles. The van der Waals surface area contributed by atoms with Gasteiger partial charge in [0.1, 0.15) is 94.8 Å². The van der Waals surface area contributed by atoms with Crippen LogP contribution in [0.4, 0.5) is 4.79 Å². The first-order valence-electron chi connectivity index (χ1n) is 29.9. The molecule has 13 N–H and O–H groups in total. The molecule has 98 heavy (non-hydrogen) atoms. The molecule has 7 amide bonds. The Labute approximate surface area is 583 Å². The number of phenols is 5. The number of alkyl carbamates (subject to hydrolysis) is 1. The quantitative estimate of drug-likeness (QED) is 0.0525. The van der Waals surface area contributed by atoms with E-state index in [-0.39, 0.29) is 119 Å². The van der Waals surface area contributed by atoms with Crippen LogP contribution in [0.5, 0.6) is 69.0 Å². The van der Waals surface area contributed by atoms with Crippen molar-refractivity contribution in [2.24, 2.45) is 0 Å². The number of esters is 1. The highest BCUT2D eigenvalue weighted by atomic mass is 79.9. The zero-order valence-electron chi connectivity index (χ0n) is 51.5. The van der Waals surface area contributed by atoms with E-state index < -0.39 is 142 Å². The van der Waals surface area contributed by atoms with Gasteiger partial charge in [-0.3, -0.25) is 28.8 Å². The largest absolute Gasteiger partial charge is 0.508 e. The average molecular weight is 1510 g/mol. The smallest absolute Gasteiger partial charge is 0.408 e. The molecule has 0 saturated heterocycles. The summed E-state index contributed by atoms with van der Waals surface area (Å²) < 4.78 is 36.6. The molecule has 27 nitrogen and oxygen atoms in total. The fourth-order valence-electron chi connectivity index (χ4n) is 11.3. The van der Waals surface area contributed by atoms with Crippen molar-refractivity contribution >= 4 is 103 Å². The van der Waals surface area contributed by atoms with E-state index in [1.54, 1.807) is 20.8 Å². The normalized spacial score (nSPS) is 20.7. The lowest BCUT2D eigenvalue weighted by Crippen LogP contribution is -2.55. The second-order valence-corrected chi connectivity index (χ2v) is 26.1. The van der Waals surface area contributed by atoms with E-state index in [4.69, 9.17) is 51.6 Å². The van der Waals surface area contributed by atoms with Crippen LogP contribution >= 0.6 is 55.1 Å². The monoisotopic (exact) mass is 1510 g/mol. The van der Waals surface area contributed by atoms with Crippen molar-refractivity contribution in [3.05, 3.63) is 164 Å². The van der Waals surface area contributed by atoms with E-state index in [0.717, 1.165) is 42.5 Å². The van der Waals surface area contributed by atoms with E-state index in [0.29, 0.717) is 0 Å². The Morgan fingerprint density at radius 2 is 1.15 bits per heavy atom. The number of alkyl halides is 2. The summed E-state index contributed by atoms with van der Waals surface area (Å²) in [7, 11) is 0. The molecule has 0 aliphatic carbocycles. The number of halogens is 4. The van der Waals surface area contributed by atoms with E-state index in [9.17, 15) is 45.0 Å². The Morgan fingerprint density at radius 1 is 0.561 bits per heavy atom. The van der Waals surface area contributed by atoms with Crippen LogP contribution in [-0.2, 0) is 49.5 Å². The number of rotatable bonds is 7. The van der Waals surface area contributed by atoms with Crippen molar-refractivity contribution in [2.75, 3.05) is 23.9 Å². The Kier molecular flexibility index (Phi) is 20.1. The third-order valence-corrected chi connectivity index (χ3v) is 16.9. The van der Waals surface area contributed by atoms with Crippen molar-refractivity contribution in [3.63, 3.8) is 0 Å². The van der Waals surface area contributed by atoms with Gasteiger partial charge in [0.2, 0.25) is 41.2 Å². The number of carbonyl (C=O) groups excluding carboxylic acids is 8. The van der Waals surface area contributed by atoms with Crippen LogP contribution in [-0.4, -0.2) is 120 Å². The number of hydrogen-bond acceptors (Lipinski definition) is 20. The lowest BCUT2D eigenvalue weighted by Gasteiger charge is -2.31. The standard InChI is InChI=1S/C67H59Br2Cl2N7O20/c1-67(2,3)98-66(92)78-52-30-6-9-43(82)47(22-30)95-36-19-32(18-34(79)25-36)53-62(88)75-54-33-23-48(96-45-10-4-28(16-39(45)70)17-41(59(85)73-53)72-60(52)86)58(93-14-12-68)49(24-33)97-46-11-7-31(21-40(46)71)57(84)56-64(90)76-55(65(91)94-15-13-69)38-26-35(80)27-44(83)50(38)37-20-29(5-8-42(37)81)51(61(87)77-56)74-63(54)89/h4-11,16,18-27,41,51-57,79-84H,12-15,17H2,1-3H3,(H,72,86)(H,73,85)(H,74,89)(H,75,88)(H,76,90)(H,77,87)(H,78,92)/t41-,51-,52+,53+,54-,55+,56+,57-/m1/s1. The molecule has 7 aromatic carbocycles. The fraction of sp³-hybridized carbons (Fsp3) is 0.254. The summed E-state index contributed by atoms with van der Waals surface area (Å²) in [6.45, 7) is 4.39. The summed E-state index contributed by atoms with van der Waals surface area (Å²) in [5.74, 6) is -13.1. The van der Waals surface area contributed by atoms with Crippen LogP contribution in [0.25, 0.3) is 11.1 Å². The number of ether oxygens (including phenoxy) is 6. The fourth-order valence-corrected chi connectivity index (χ4v) is 12.1. The lowest BCUT2D eigenvalue weighted by molar-refractivity contribution is -0.148. The maximum atomic E-state index is 16.1. The van der Waals surface area contributed by atoms with Gasteiger partial charge in [-0.25, -0.2) is 9.59 Å². The molecule has 13 rings (SSSR count). The first-order valence-corrected chi connectivity index (χ1v) is 32.9. The van der Waals surface area contributed by atoms with E-state index in [2.05, 4.69) is 69.1 Å². The van der Waals surface area contributed by atoms with Crippen molar-refractivity contribution in [1.29, 1.82) is 0 Å². The van der Waals surface area contributed by atoms with Gasteiger partial charge >= 0.3 is 12.1 Å². The molecule has 0 unspecified atom stereocenters. The number of carbonyl (C=O) groups is 8. The summed E-state index contributed by atoms with van der Waals surface area (Å²) in [6.07, 6.45) is -3.58. The van der Waals surface area contributed by atoms with Crippen LogP contribution in [0.15, 0.2) is 115 Å². The van der Waals surface area contributed by atoms with Gasteiger partial charge in [-0.2, -0.15) is 0 Å². The first-order chi connectivity index (χ1) is 46.6. The number of benzene rings is 7. The Bertz CT molecular complexity index is 4420. The van der Waals surface area contributed by atoms with Crippen molar-refractivity contribution in [1.82, 2.24) is 37.2 Å². The van der Waals surface area contributed by atoms with Crippen LogP contribution in [0.1, 0.15) is 96.0 Å². The van der Waals surface area contributed by atoms with Gasteiger partial charge < -0.3 is 96.3 Å². The summed E-state index contributed by atoms with van der Waals surface area (Å²) in [6, 6.07) is 9.04. The number of aliphatic hydroxyl groups is 1. The number of nitrogens with one attached hydrogen (secondary N) is 7. The minimum Gasteiger partial charge on any atom is -0.508 e. The molecule has 0 spiro atoms. The van der Waals surface area contributed by atoms with Gasteiger partial charge in [-0.05, 0) is 133 Å². The molecule has 0 fully saturated rings. The number of aromatic hydroxyl groups is 5. The average Bonchev–Trinajstić information content (AvgIpc) is 0.770. The highest BCUT2D eigenvalue weighted by molar-refractivity contribution is 9.09. The van der Waals surface area contributed by atoms with Gasteiger partial charge in [0.05, 0.1) is 16.7 Å². The maximum Gasteiger partial charge on any atom is 0.408 e. The molecule has 8 atom stereocenters. The molecule has 7 aromatic rings. The van der Waals surface area contributed by atoms with Gasteiger partial charge in [0, 0.05) is 45.9 Å². The molecule has 31 heteroatoms. The molecule has 6 aliphatic rings. The Balaban J connectivity index is 1.14. The van der Waals surface area contributed by atoms with Crippen molar-refractivity contribution in [3.8, 4) is 80.1 Å². The zero-order chi connectivity index (χ0) is 70.2. The van der Waals surface area contributed by atoms with Crippen LogP contribution < -0.4 is 56.2 Å². The van der Waals surface area contributed by atoms with Gasteiger partial charge in [0.15, 0.2) is 29.0 Å². The highest BCUT2D eigenvalue weighted by Crippen LogP contribution is 2.49. The lowest BCUT2D eigenvalue weighted by atomic mass is 9.89. The number of amides is 7. The maximum absolute atomic E-state index is 16.1. The third-order valence-electron chi connectivity index (χ3n) is 15.7. The van der Waals surface area contributed by atoms with Gasteiger partial charge in [-0.15, -0.1) is 0 Å². The Hall–Kier alpha value is -10.2. The summed E-state index contributed by atoms with van der Waals surface area (Å²) >= 11 is 20.7. The summed E-state index contributed by atoms with van der Waals surface area (Å²) in [5, 5.41) is 87.6. The summed E-state index contributed by atoms with van der Waals surface area (Å²) in [4.78, 5) is 121. The summed E-state index contributed by atoms with van der Waals surface area (Å²) in [5.41, 5.74) is -2.78.